The van der Waals surface area contributed by atoms with E-state index in [0.717, 1.165) is 17.9 Å². The molecule has 1 atom stereocenters. The lowest BCUT2D eigenvalue weighted by Gasteiger charge is -2.20. The molecule has 0 saturated heterocycles. The van der Waals surface area contributed by atoms with E-state index in [1.807, 2.05) is 12.1 Å². The molecule has 3 nitrogen and oxygen atoms in total. The molecule has 0 bridgehead atoms. The first kappa shape index (κ1) is 12.8. The van der Waals surface area contributed by atoms with Gasteiger partial charge in [-0.3, -0.25) is 0 Å². The second kappa shape index (κ2) is 5.75. The fourth-order valence-corrected chi connectivity index (χ4v) is 1.53. The summed E-state index contributed by atoms with van der Waals surface area (Å²) in [5.74, 6) is 1.58. The SMILES string of the molecule is COc1ccc(C[C@H](C)N(C)C)cc1OC. The second-order valence-corrected chi connectivity index (χ2v) is 4.21. The highest BCUT2D eigenvalue weighted by molar-refractivity contribution is 5.43. The van der Waals surface area contributed by atoms with Crippen LogP contribution in [0, 0.1) is 0 Å². The Balaban J connectivity index is 2.82. The predicted molar refractivity (Wildman–Crippen MR) is 66.4 cm³/mol. The molecule has 90 valence electrons. The molecule has 0 amide bonds. The lowest BCUT2D eigenvalue weighted by molar-refractivity contribution is 0.311. The molecule has 16 heavy (non-hydrogen) atoms. The maximum Gasteiger partial charge on any atom is 0.160 e. The van der Waals surface area contributed by atoms with Crippen molar-refractivity contribution in [2.45, 2.75) is 19.4 Å². The maximum absolute atomic E-state index is 5.28. The Morgan fingerprint density at radius 3 is 2.25 bits per heavy atom. The fourth-order valence-electron chi connectivity index (χ4n) is 1.53. The molecule has 0 aromatic heterocycles. The zero-order valence-corrected chi connectivity index (χ0v) is 10.8. The first-order valence-corrected chi connectivity index (χ1v) is 5.45. The third kappa shape index (κ3) is 3.14. The molecule has 0 aliphatic carbocycles. The third-order valence-corrected chi connectivity index (χ3v) is 2.86. The van der Waals surface area contributed by atoms with E-state index in [4.69, 9.17) is 9.47 Å². The Bertz CT molecular complexity index is 337. The van der Waals surface area contributed by atoms with Crippen LogP contribution in [-0.2, 0) is 6.42 Å². The van der Waals surface area contributed by atoms with Gasteiger partial charge in [-0.1, -0.05) is 6.07 Å². The van der Waals surface area contributed by atoms with Crippen molar-refractivity contribution in [3.63, 3.8) is 0 Å². The van der Waals surface area contributed by atoms with Crippen molar-refractivity contribution in [3.8, 4) is 11.5 Å². The Morgan fingerprint density at radius 1 is 1.12 bits per heavy atom. The number of benzene rings is 1. The Labute approximate surface area is 98.0 Å². The van der Waals surface area contributed by atoms with Gasteiger partial charge in [0, 0.05) is 6.04 Å². The molecule has 0 unspecified atom stereocenters. The van der Waals surface area contributed by atoms with Gasteiger partial charge in [0.2, 0.25) is 0 Å². The van der Waals surface area contributed by atoms with Gasteiger partial charge in [0.25, 0.3) is 0 Å². The summed E-state index contributed by atoms with van der Waals surface area (Å²) < 4.78 is 10.5. The van der Waals surface area contributed by atoms with Gasteiger partial charge in [0.1, 0.15) is 0 Å². The van der Waals surface area contributed by atoms with E-state index in [2.05, 4.69) is 32.0 Å². The average molecular weight is 223 g/mol. The van der Waals surface area contributed by atoms with E-state index in [0.29, 0.717) is 6.04 Å². The van der Waals surface area contributed by atoms with Crippen LogP contribution in [-0.4, -0.2) is 39.3 Å². The van der Waals surface area contributed by atoms with Gasteiger partial charge in [-0.05, 0) is 45.1 Å². The Hall–Kier alpha value is -1.22. The molecule has 0 aliphatic heterocycles. The van der Waals surface area contributed by atoms with Crippen molar-refractivity contribution in [1.29, 1.82) is 0 Å². The zero-order valence-electron chi connectivity index (χ0n) is 10.8. The second-order valence-electron chi connectivity index (χ2n) is 4.21. The van der Waals surface area contributed by atoms with Crippen molar-refractivity contribution in [2.75, 3.05) is 28.3 Å². The van der Waals surface area contributed by atoms with E-state index in [1.165, 1.54) is 5.56 Å². The molecule has 0 saturated carbocycles. The van der Waals surface area contributed by atoms with Crippen molar-refractivity contribution in [2.24, 2.45) is 0 Å². The maximum atomic E-state index is 5.28. The summed E-state index contributed by atoms with van der Waals surface area (Å²) in [6.45, 7) is 2.21. The van der Waals surface area contributed by atoms with Gasteiger partial charge < -0.3 is 14.4 Å². The van der Waals surface area contributed by atoms with E-state index >= 15 is 0 Å². The van der Waals surface area contributed by atoms with Gasteiger partial charge >= 0.3 is 0 Å². The lowest BCUT2D eigenvalue weighted by Crippen LogP contribution is -2.26. The summed E-state index contributed by atoms with van der Waals surface area (Å²) in [4.78, 5) is 2.21. The minimum atomic E-state index is 0.512. The summed E-state index contributed by atoms with van der Waals surface area (Å²) in [5.41, 5.74) is 1.26. The highest BCUT2D eigenvalue weighted by Gasteiger charge is 2.09. The summed E-state index contributed by atoms with van der Waals surface area (Å²) in [5, 5.41) is 0. The molecule has 0 spiro atoms. The van der Waals surface area contributed by atoms with Gasteiger partial charge in [-0.15, -0.1) is 0 Å². The van der Waals surface area contributed by atoms with Crippen molar-refractivity contribution in [3.05, 3.63) is 23.8 Å². The number of hydrogen-bond donors (Lipinski definition) is 0. The number of ether oxygens (including phenoxy) is 2. The molecule has 1 aromatic carbocycles. The number of likely N-dealkylation sites (N-methyl/N-ethyl adjacent to an activating group) is 1. The Morgan fingerprint density at radius 2 is 1.75 bits per heavy atom. The third-order valence-electron chi connectivity index (χ3n) is 2.86. The van der Waals surface area contributed by atoms with Crippen LogP contribution in [0.3, 0.4) is 0 Å². The topological polar surface area (TPSA) is 21.7 Å². The first-order valence-electron chi connectivity index (χ1n) is 5.45. The molecule has 0 fully saturated rings. The van der Waals surface area contributed by atoms with Crippen LogP contribution in [0.1, 0.15) is 12.5 Å². The van der Waals surface area contributed by atoms with E-state index in [9.17, 15) is 0 Å². The van der Waals surface area contributed by atoms with Crippen LogP contribution >= 0.6 is 0 Å². The monoisotopic (exact) mass is 223 g/mol. The normalized spacial score (nSPS) is 12.6. The molecular formula is C13H21NO2. The molecule has 0 radical (unpaired) electrons. The summed E-state index contributed by atoms with van der Waals surface area (Å²) >= 11 is 0. The van der Waals surface area contributed by atoms with Crippen LogP contribution in [0.25, 0.3) is 0 Å². The number of hydrogen-bond acceptors (Lipinski definition) is 3. The number of rotatable bonds is 5. The lowest BCUT2D eigenvalue weighted by atomic mass is 10.1. The predicted octanol–water partition coefficient (Wildman–Crippen LogP) is 2.20. The summed E-state index contributed by atoms with van der Waals surface area (Å²) in [6, 6.07) is 6.59. The molecule has 0 N–H and O–H groups in total. The van der Waals surface area contributed by atoms with Crippen LogP contribution in [0.4, 0.5) is 0 Å². The molecule has 3 heteroatoms. The minimum Gasteiger partial charge on any atom is -0.493 e. The average Bonchev–Trinajstić information content (AvgIpc) is 2.28. The fraction of sp³-hybridized carbons (Fsp3) is 0.538. The van der Waals surface area contributed by atoms with Crippen LogP contribution in [0.5, 0.6) is 11.5 Å². The van der Waals surface area contributed by atoms with E-state index in [-0.39, 0.29) is 0 Å². The van der Waals surface area contributed by atoms with Gasteiger partial charge in [0.05, 0.1) is 14.2 Å². The van der Waals surface area contributed by atoms with Crippen LogP contribution in [0.2, 0.25) is 0 Å². The van der Waals surface area contributed by atoms with Gasteiger partial charge in [-0.25, -0.2) is 0 Å². The Kier molecular flexibility index (Phi) is 4.62. The molecule has 0 aliphatic rings. The first-order chi connectivity index (χ1) is 7.58. The summed E-state index contributed by atoms with van der Waals surface area (Å²) in [6.07, 6.45) is 1.01. The molecule has 0 heterocycles. The standard InChI is InChI=1S/C13H21NO2/c1-10(14(2)3)8-11-6-7-12(15-4)13(9-11)16-5/h6-7,9-10H,8H2,1-5H3/t10-/m0/s1. The summed E-state index contributed by atoms with van der Waals surface area (Å²) in [7, 11) is 7.49. The van der Waals surface area contributed by atoms with Crippen molar-refractivity contribution < 1.29 is 9.47 Å². The number of methoxy groups -OCH3 is 2. The zero-order chi connectivity index (χ0) is 12.1. The van der Waals surface area contributed by atoms with Gasteiger partial charge in [0.15, 0.2) is 11.5 Å². The van der Waals surface area contributed by atoms with E-state index < -0.39 is 0 Å². The van der Waals surface area contributed by atoms with Crippen LogP contribution in [0.15, 0.2) is 18.2 Å². The van der Waals surface area contributed by atoms with Crippen molar-refractivity contribution >= 4 is 0 Å². The van der Waals surface area contributed by atoms with Gasteiger partial charge in [-0.2, -0.15) is 0 Å². The van der Waals surface area contributed by atoms with Crippen LogP contribution < -0.4 is 9.47 Å². The highest BCUT2D eigenvalue weighted by Crippen LogP contribution is 2.28. The molecular weight excluding hydrogens is 202 g/mol. The van der Waals surface area contributed by atoms with Crippen molar-refractivity contribution in [1.82, 2.24) is 4.90 Å². The quantitative estimate of drug-likeness (QED) is 0.764. The number of nitrogens with zero attached hydrogens (tertiary/aromatic N) is 1. The molecule has 1 rings (SSSR count). The smallest absolute Gasteiger partial charge is 0.160 e. The van der Waals surface area contributed by atoms with E-state index in [1.54, 1.807) is 14.2 Å². The highest BCUT2D eigenvalue weighted by atomic mass is 16.5. The largest absolute Gasteiger partial charge is 0.493 e. The minimum absolute atomic E-state index is 0.512. The molecule has 1 aromatic rings.